The van der Waals surface area contributed by atoms with Gasteiger partial charge in [0.05, 0.1) is 24.0 Å². The summed E-state index contributed by atoms with van der Waals surface area (Å²) in [5.74, 6) is 0.966. The fourth-order valence-electron chi connectivity index (χ4n) is 3.28. The van der Waals surface area contributed by atoms with Gasteiger partial charge in [-0.1, -0.05) is 0 Å². The monoisotopic (exact) mass is 351 g/mol. The molecule has 8 heteroatoms. The quantitative estimate of drug-likeness (QED) is 0.685. The van der Waals surface area contributed by atoms with Gasteiger partial charge in [0.25, 0.3) is 5.56 Å². The minimum absolute atomic E-state index is 0.0460. The minimum Gasteiger partial charge on any atom is -0.353 e. The van der Waals surface area contributed by atoms with Crippen LogP contribution in [-0.4, -0.2) is 62.4 Å². The zero-order valence-electron chi connectivity index (χ0n) is 14.7. The molecule has 134 valence electrons. The number of fused-ring (bicyclic) bond motifs is 1. The normalized spacial score (nSPS) is 15.5. The van der Waals surface area contributed by atoms with Crippen LogP contribution in [0.25, 0.3) is 10.9 Å². The summed E-state index contributed by atoms with van der Waals surface area (Å²) in [4.78, 5) is 29.4. The molecule has 1 aliphatic rings. The Bertz CT molecular complexity index is 958. The molecule has 0 bridgehead atoms. The van der Waals surface area contributed by atoms with Crippen molar-refractivity contribution in [1.29, 1.82) is 0 Å². The van der Waals surface area contributed by atoms with Crippen molar-refractivity contribution < 1.29 is 0 Å². The number of pyridine rings is 1. The van der Waals surface area contributed by atoms with Crippen LogP contribution >= 0.6 is 0 Å². The van der Waals surface area contributed by atoms with E-state index in [-0.39, 0.29) is 5.56 Å². The second-order valence-electron chi connectivity index (χ2n) is 6.45. The first-order valence-corrected chi connectivity index (χ1v) is 8.77. The van der Waals surface area contributed by atoms with Gasteiger partial charge < -0.3 is 4.90 Å². The van der Waals surface area contributed by atoms with Crippen molar-refractivity contribution in [2.45, 2.75) is 13.5 Å². The van der Waals surface area contributed by atoms with Crippen molar-refractivity contribution >= 4 is 16.7 Å². The van der Waals surface area contributed by atoms with Crippen LogP contribution in [0.3, 0.4) is 0 Å². The van der Waals surface area contributed by atoms with Crippen molar-refractivity contribution in [3.8, 4) is 0 Å². The maximum absolute atomic E-state index is 11.9. The van der Waals surface area contributed by atoms with Crippen LogP contribution in [0, 0.1) is 6.92 Å². The van der Waals surface area contributed by atoms with E-state index in [4.69, 9.17) is 0 Å². The number of aromatic nitrogens is 5. The fourth-order valence-corrected chi connectivity index (χ4v) is 3.28. The average Bonchev–Trinajstić information content (AvgIpc) is 2.69. The van der Waals surface area contributed by atoms with E-state index < -0.39 is 0 Å². The Morgan fingerprint density at radius 2 is 1.88 bits per heavy atom. The zero-order valence-corrected chi connectivity index (χ0v) is 14.7. The zero-order chi connectivity index (χ0) is 17.9. The number of hydrogen-bond donors (Lipinski definition) is 0. The molecule has 3 aromatic rings. The number of piperazine rings is 1. The summed E-state index contributed by atoms with van der Waals surface area (Å²) < 4.78 is 1.55. The molecule has 26 heavy (non-hydrogen) atoms. The molecule has 1 fully saturated rings. The summed E-state index contributed by atoms with van der Waals surface area (Å²) in [6, 6.07) is 5.29. The molecule has 0 radical (unpaired) electrons. The van der Waals surface area contributed by atoms with E-state index in [9.17, 15) is 4.79 Å². The molecular formula is C18H21N7O. The number of aryl methyl sites for hydroxylation is 1. The molecule has 0 unspecified atom stereocenters. The first-order valence-electron chi connectivity index (χ1n) is 8.77. The Morgan fingerprint density at radius 3 is 2.73 bits per heavy atom. The molecule has 0 aromatic carbocycles. The Hall–Kier alpha value is -2.87. The lowest BCUT2D eigenvalue weighted by Gasteiger charge is -2.35. The van der Waals surface area contributed by atoms with Crippen LogP contribution in [0.15, 0.2) is 41.7 Å². The van der Waals surface area contributed by atoms with Gasteiger partial charge in [0.1, 0.15) is 12.1 Å². The summed E-state index contributed by atoms with van der Waals surface area (Å²) in [6.07, 6.45) is 5.14. The van der Waals surface area contributed by atoms with E-state index in [1.807, 2.05) is 13.0 Å². The SMILES string of the molecule is Cc1ccc(=O)n(CCN2CCN(c3ncnc4cnccc34)CC2)n1. The highest BCUT2D eigenvalue weighted by Gasteiger charge is 2.19. The lowest BCUT2D eigenvalue weighted by atomic mass is 10.2. The fraction of sp³-hybridized carbons (Fsp3) is 0.389. The highest BCUT2D eigenvalue weighted by Crippen LogP contribution is 2.22. The highest BCUT2D eigenvalue weighted by atomic mass is 16.1. The van der Waals surface area contributed by atoms with E-state index in [0.717, 1.165) is 55.1 Å². The van der Waals surface area contributed by atoms with E-state index in [1.165, 1.54) is 0 Å². The van der Waals surface area contributed by atoms with Crippen LogP contribution < -0.4 is 10.5 Å². The van der Waals surface area contributed by atoms with Gasteiger partial charge in [-0.15, -0.1) is 0 Å². The smallest absolute Gasteiger partial charge is 0.266 e. The van der Waals surface area contributed by atoms with Gasteiger partial charge in [0.15, 0.2) is 0 Å². The van der Waals surface area contributed by atoms with Crippen molar-refractivity contribution in [2.24, 2.45) is 0 Å². The van der Waals surface area contributed by atoms with Gasteiger partial charge in [-0.3, -0.25) is 14.7 Å². The van der Waals surface area contributed by atoms with Crippen LogP contribution in [0.4, 0.5) is 5.82 Å². The molecule has 0 N–H and O–H groups in total. The number of rotatable bonds is 4. The second-order valence-corrected chi connectivity index (χ2v) is 6.45. The topological polar surface area (TPSA) is 80.0 Å². The van der Waals surface area contributed by atoms with Gasteiger partial charge in [0.2, 0.25) is 0 Å². The van der Waals surface area contributed by atoms with Gasteiger partial charge in [-0.05, 0) is 19.1 Å². The standard InChI is InChI=1S/C18H21N7O/c1-14-2-3-17(26)25(22-14)11-8-23-6-9-24(10-7-23)18-15-4-5-19-12-16(15)20-13-21-18/h2-5,12-13H,6-11H2,1H3. The first-order chi connectivity index (χ1) is 12.7. The third-order valence-electron chi connectivity index (χ3n) is 4.72. The summed E-state index contributed by atoms with van der Waals surface area (Å²) >= 11 is 0. The van der Waals surface area contributed by atoms with Crippen molar-refractivity contribution in [3.63, 3.8) is 0 Å². The number of nitrogens with zero attached hydrogens (tertiary/aromatic N) is 7. The lowest BCUT2D eigenvalue weighted by Crippen LogP contribution is -2.48. The summed E-state index contributed by atoms with van der Waals surface area (Å²) in [5.41, 5.74) is 1.68. The molecular weight excluding hydrogens is 330 g/mol. The van der Waals surface area contributed by atoms with Gasteiger partial charge >= 0.3 is 0 Å². The average molecular weight is 351 g/mol. The number of hydrogen-bond acceptors (Lipinski definition) is 7. The maximum atomic E-state index is 11.9. The molecule has 0 atom stereocenters. The third kappa shape index (κ3) is 3.41. The summed E-state index contributed by atoms with van der Waals surface area (Å²) in [7, 11) is 0. The van der Waals surface area contributed by atoms with Gasteiger partial charge in [0, 0.05) is 50.4 Å². The molecule has 4 heterocycles. The van der Waals surface area contributed by atoms with Gasteiger partial charge in [-0.25, -0.2) is 14.6 Å². The van der Waals surface area contributed by atoms with Gasteiger partial charge in [-0.2, -0.15) is 5.10 Å². The van der Waals surface area contributed by atoms with Crippen molar-refractivity contribution in [3.05, 3.63) is 53.0 Å². The van der Waals surface area contributed by atoms with E-state index in [0.29, 0.717) is 6.54 Å². The molecule has 0 spiro atoms. The van der Waals surface area contributed by atoms with Crippen LogP contribution in [0.5, 0.6) is 0 Å². The molecule has 0 amide bonds. The first kappa shape index (κ1) is 16.6. The Labute approximate surface area is 151 Å². The highest BCUT2D eigenvalue weighted by molar-refractivity contribution is 5.88. The number of anilines is 1. The largest absolute Gasteiger partial charge is 0.353 e. The Balaban J connectivity index is 1.39. The van der Waals surface area contributed by atoms with E-state index >= 15 is 0 Å². The van der Waals surface area contributed by atoms with E-state index in [2.05, 4.69) is 29.9 Å². The maximum Gasteiger partial charge on any atom is 0.266 e. The minimum atomic E-state index is -0.0460. The molecule has 1 aliphatic heterocycles. The van der Waals surface area contributed by atoms with Crippen LogP contribution in [0.1, 0.15) is 5.69 Å². The molecule has 1 saturated heterocycles. The molecule has 0 saturated carbocycles. The third-order valence-corrected chi connectivity index (χ3v) is 4.72. The molecule has 0 aliphatic carbocycles. The summed E-state index contributed by atoms with van der Waals surface area (Å²) in [6.45, 7) is 6.97. The van der Waals surface area contributed by atoms with Crippen molar-refractivity contribution in [1.82, 2.24) is 29.6 Å². The second kappa shape index (κ2) is 7.17. The molecule has 4 rings (SSSR count). The molecule has 8 nitrogen and oxygen atoms in total. The predicted molar refractivity (Wildman–Crippen MR) is 99.2 cm³/mol. The Morgan fingerprint density at radius 1 is 1.04 bits per heavy atom. The lowest BCUT2D eigenvalue weighted by molar-refractivity contribution is 0.242. The van der Waals surface area contributed by atoms with E-state index in [1.54, 1.807) is 35.5 Å². The Kier molecular flexibility index (Phi) is 4.57. The van der Waals surface area contributed by atoms with Crippen LogP contribution in [-0.2, 0) is 6.54 Å². The predicted octanol–water partition coefficient (Wildman–Crippen LogP) is 0.712. The van der Waals surface area contributed by atoms with Crippen LogP contribution in [0.2, 0.25) is 0 Å². The summed E-state index contributed by atoms with van der Waals surface area (Å²) in [5, 5.41) is 5.33. The van der Waals surface area contributed by atoms with Crippen molar-refractivity contribution in [2.75, 3.05) is 37.6 Å². The molecule has 3 aromatic heterocycles.